The van der Waals surface area contributed by atoms with Gasteiger partial charge in [0.1, 0.15) is 5.69 Å². The lowest BCUT2D eigenvalue weighted by Gasteiger charge is -1.84. The van der Waals surface area contributed by atoms with Crippen LogP contribution in [0.3, 0.4) is 0 Å². The van der Waals surface area contributed by atoms with E-state index in [2.05, 4.69) is 5.32 Å². The van der Waals surface area contributed by atoms with Crippen LogP contribution >= 0.6 is 20.7 Å². The van der Waals surface area contributed by atoms with E-state index in [4.69, 9.17) is 0 Å². The molecule has 1 aliphatic heterocycles. The molecule has 4 heteroatoms. The molecule has 0 fully saturated rings. The zero-order valence-electron chi connectivity index (χ0n) is 4.64. The first-order valence-electron chi connectivity index (χ1n) is 2.74. The Kier molecular flexibility index (Phi) is 1.10. The van der Waals surface area contributed by atoms with Gasteiger partial charge in [0, 0.05) is 17.8 Å². The molecule has 0 amide bonds. The maximum atomic E-state index is 10.9. The number of fused-ring (bicyclic) bond motifs is 1. The van der Waals surface area contributed by atoms with Gasteiger partial charge in [0.2, 0.25) is 0 Å². The van der Waals surface area contributed by atoms with Gasteiger partial charge in [-0.05, 0) is 10.3 Å². The van der Waals surface area contributed by atoms with Crippen LogP contribution in [-0.2, 0) is 6.42 Å². The lowest BCUT2D eigenvalue weighted by Crippen LogP contribution is -2.00. The Bertz CT molecular complexity index is 275. The minimum absolute atomic E-state index is 0.201. The van der Waals surface area contributed by atoms with Crippen molar-refractivity contribution in [3.05, 3.63) is 14.4 Å². The smallest absolute Gasteiger partial charge is 0.266 e. The molecule has 1 aromatic rings. The molecule has 0 atom stereocenters. The summed E-state index contributed by atoms with van der Waals surface area (Å²) < 4.78 is 0.201. The first-order valence-corrected chi connectivity index (χ1v) is 4.89. The summed E-state index contributed by atoms with van der Waals surface area (Å²) in [5.74, 6) is 0. The summed E-state index contributed by atoms with van der Waals surface area (Å²) in [7, 11) is 2.94. The van der Waals surface area contributed by atoms with Crippen molar-refractivity contribution in [2.24, 2.45) is 0 Å². The predicted octanol–water partition coefficient (Wildman–Crippen LogP) is 1.14. The van der Waals surface area contributed by atoms with E-state index in [-0.39, 0.29) is 4.74 Å². The normalized spacial score (nSPS) is 15.1. The quantitative estimate of drug-likeness (QED) is 0.575. The van der Waals surface area contributed by atoms with E-state index < -0.39 is 0 Å². The summed E-state index contributed by atoms with van der Waals surface area (Å²) in [6, 6.07) is 0. The molecule has 0 aromatic carbocycles. The van der Waals surface area contributed by atoms with Crippen molar-refractivity contribution >= 4 is 26.4 Å². The van der Waals surface area contributed by atoms with Gasteiger partial charge >= 0.3 is 0 Å². The van der Waals surface area contributed by atoms with Gasteiger partial charge in [0.15, 0.2) is 0 Å². The molecule has 1 N–H and O–H groups in total. The second-order valence-corrected chi connectivity index (χ2v) is 4.13. The molecule has 2 rings (SSSR count). The fraction of sp³-hybridized carbons (Fsp3) is 0.400. The molecule has 0 saturated heterocycles. The monoisotopic (exact) mass is 159 g/mol. The molecular weight excluding hydrogens is 154 g/mol. The van der Waals surface area contributed by atoms with Crippen molar-refractivity contribution in [3.63, 3.8) is 0 Å². The molecule has 2 nitrogen and oxygen atoms in total. The number of anilines is 1. The number of nitrogens with one attached hydrogen (secondary N) is 1. The molecular formula is C5H5NOS2. The highest BCUT2D eigenvalue weighted by Crippen LogP contribution is 2.25. The van der Waals surface area contributed by atoms with Gasteiger partial charge in [-0.1, -0.05) is 10.3 Å². The van der Waals surface area contributed by atoms with Crippen LogP contribution in [-0.4, -0.2) is 6.54 Å². The van der Waals surface area contributed by atoms with E-state index in [1.54, 1.807) is 10.3 Å². The number of hydrogen-bond donors (Lipinski definition) is 1. The van der Waals surface area contributed by atoms with Gasteiger partial charge in [-0.25, -0.2) is 0 Å². The minimum Gasteiger partial charge on any atom is -0.380 e. The Labute approximate surface area is 59.5 Å². The fourth-order valence-electron chi connectivity index (χ4n) is 0.924. The minimum atomic E-state index is 0.201. The first kappa shape index (κ1) is 5.44. The van der Waals surface area contributed by atoms with E-state index in [1.807, 2.05) is 0 Å². The largest absolute Gasteiger partial charge is 0.380 e. The number of rotatable bonds is 0. The Hall–Kier alpha value is -0.350. The third kappa shape index (κ3) is 0.702. The lowest BCUT2D eigenvalue weighted by atomic mass is 10.4. The molecule has 0 aliphatic carbocycles. The summed E-state index contributed by atoms with van der Waals surface area (Å²) >= 11 is 0. The van der Waals surface area contributed by atoms with E-state index in [0.717, 1.165) is 18.7 Å². The van der Waals surface area contributed by atoms with E-state index in [0.29, 0.717) is 0 Å². The molecule has 0 radical (unpaired) electrons. The van der Waals surface area contributed by atoms with Crippen molar-refractivity contribution in [1.29, 1.82) is 0 Å². The molecule has 2 heterocycles. The standard InChI is InChI=1S/C5H5NOS2/c7-5-4-3(8-9-5)1-2-6-4/h6H,1-2H2. The average molecular weight is 159 g/mol. The predicted molar refractivity (Wildman–Crippen MR) is 40.7 cm³/mol. The molecule has 48 valence electrons. The molecule has 1 aliphatic rings. The Morgan fingerprint density at radius 3 is 3.11 bits per heavy atom. The van der Waals surface area contributed by atoms with Gasteiger partial charge in [-0.2, -0.15) is 0 Å². The average Bonchev–Trinajstić information content (AvgIpc) is 2.35. The molecule has 0 bridgehead atoms. The Morgan fingerprint density at radius 1 is 1.44 bits per heavy atom. The van der Waals surface area contributed by atoms with Crippen LogP contribution in [0.4, 0.5) is 5.69 Å². The maximum Gasteiger partial charge on any atom is 0.266 e. The van der Waals surface area contributed by atoms with Crippen molar-refractivity contribution in [1.82, 2.24) is 0 Å². The maximum absolute atomic E-state index is 10.9. The van der Waals surface area contributed by atoms with Crippen LogP contribution in [0, 0.1) is 0 Å². The van der Waals surface area contributed by atoms with Crippen LogP contribution < -0.4 is 10.1 Å². The molecule has 0 saturated carbocycles. The van der Waals surface area contributed by atoms with Crippen LogP contribution in [0.1, 0.15) is 4.88 Å². The summed E-state index contributed by atoms with van der Waals surface area (Å²) in [5.41, 5.74) is 0.866. The third-order valence-corrected chi connectivity index (χ3v) is 3.71. The zero-order valence-corrected chi connectivity index (χ0v) is 6.27. The van der Waals surface area contributed by atoms with E-state index in [9.17, 15) is 4.79 Å². The summed E-state index contributed by atoms with van der Waals surface area (Å²) in [4.78, 5) is 12.1. The van der Waals surface area contributed by atoms with Crippen molar-refractivity contribution in [3.8, 4) is 0 Å². The Balaban J connectivity index is 2.70. The van der Waals surface area contributed by atoms with Crippen LogP contribution in [0.5, 0.6) is 0 Å². The summed E-state index contributed by atoms with van der Waals surface area (Å²) in [6.07, 6.45) is 1.04. The number of hydrogen-bond acceptors (Lipinski definition) is 4. The van der Waals surface area contributed by atoms with Crippen molar-refractivity contribution < 1.29 is 0 Å². The van der Waals surface area contributed by atoms with Gasteiger partial charge in [-0.3, -0.25) is 4.79 Å². The fourth-order valence-corrected chi connectivity index (χ4v) is 3.16. The molecule has 0 spiro atoms. The topological polar surface area (TPSA) is 29.1 Å². The van der Waals surface area contributed by atoms with Crippen LogP contribution in [0.2, 0.25) is 0 Å². The summed E-state index contributed by atoms with van der Waals surface area (Å²) in [6.45, 7) is 0.948. The second kappa shape index (κ2) is 1.82. The highest BCUT2D eigenvalue weighted by Gasteiger charge is 2.14. The molecule has 9 heavy (non-hydrogen) atoms. The van der Waals surface area contributed by atoms with Crippen LogP contribution in [0.25, 0.3) is 0 Å². The van der Waals surface area contributed by atoms with E-state index in [1.165, 1.54) is 15.2 Å². The van der Waals surface area contributed by atoms with Gasteiger partial charge in [0.25, 0.3) is 4.74 Å². The zero-order chi connectivity index (χ0) is 6.27. The van der Waals surface area contributed by atoms with E-state index >= 15 is 0 Å². The van der Waals surface area contributed by atoms with Gasteiger partial charge < -0.3 is 5.32 Å². The Morgan fingerprint density at radius 2 is 2.33 bits per heavy atom. The van der Waals surface area contributed by atoms with Gasteiger partial charge in [-0.15, -0.1) is 0 Å². The third-order valence-electron chi connectivity index (χ3n) is 1.35. The summed E-state index contributed by atoms with van der Waals surface area (Å²) in [5, 5.41) is 3.06. The SMILES string of the molecule is O=c1ssc2c1NCC2. The highest BCUT2D eigenvalue weighted by molar-refractivity contribution is 7.68. The van der Waals surface area contributed by atoms with Crippen molar-refractivity contribution in [2.45, 2.75) is 6.42 Å². The highest BCUT2D eigenvalue weighted by atomic mass is 32.9. The second-order valence-electron chi connectivity index (χ2n) is 1.93. The lowest BCUT2D eigenvalue weighted by molar-refractivity contribution is 1.12. The van der Waals surface area contributed by atoms with Crippen LogP contribution in [0.15, 0.2) is 4.79 Å². The first-order chi connectivity index (χ1) is 4.38. The molecule has 1 aromatic heterocycles. The molecule has 0 unspecified atom stereocenters. The van der Waals surface area contributed by atoms with Crippen molar-refractivity contribution in [2.75, 3.05) is 11.9 Å². The van der Waals surface area contributed by atoms with Gasteiger partial charge in [0.05, 0.1) is 0 Å².